The number of carbonyl (C=O) groups is 1. The predicted molar refractivity (Wildman–Crippen MR) is 69.1 cm³/mol. The topological polar surface area (TPSA) is 63.4 Å². The van der Waals surface area contributed by atoms with Crippen LogP contribution in [0.3, 0.4) is 0 Å². The lowest BCUT2D eigenvalue weighted by atomic mass is 10.1. The van der Waals surface area contributed by atoms with Crippen LogP contribution in [0.1, 0.15) is 38.5 Å². The van der Waals surface area contributed by atoms with E-state index in [4.69, 9.17) is 5.73 Å². The summed E-state index contributed by atoms with van der Waals surface area (Å²) in [7, 11) is -1.02. The van der Waals surface area contributed by atoms with Gasteiger partial charge in [0.2, 0.25) is 5.91 Å². The maximum Gasteiger partial charge on any atom is 0.235 e. The summed E-state index contributed by atoms with van der Waals surface area (Å²) < 4.78 is 12.1. The second kappa shape index (κ2) is 5.96. The van der Waals surface area contributed by atoms with Crippen LogP contribution in [0.4, 0.5) is 0 Å². The van der Waals surface area contributed by atoms with Crippen molar-refractivity contribution in [3.8, 4) is 0 Å². The number of rotatable bonds is 3. The number of hydrogen-bond acceptors (Lipinski definition) is 3. The predicted octanol–water partition coefficient (Wildman–Crippen LogP) is 0.627. The second-order valence-electron chi connectivity index (χ2n) is 5.16. The van der Waals surface area contributed by atoms with E-state index in [9.17, 15) is 9.00 Å². The largest absolute Gasteiger partial charge is 0.342 e. The third-order valence-electron chi connectivity index (χ3n) is 3.77. The van der Waals surface area contributed by atoms with Crippen LogP contribution in [0, 0.1) is 0 Å². The summed E-state index contributed by atoms with van der Waals surface area (Å²) in [6.45, 7) is 1.69. The highest BCUT2D eigenvalue weighted by Gasteiger charge is 2.29. The fourth-order valence-electron chi connectivity index (χ4n) is 2.69. The van der Waals surface area contributed by atoms with Crippen molar-refractivity contribution in [1.82, 2.24) is 4.90 Å². The lowest BCUT2D eigenvalue weighted by molar-refractivity contribution is -0.129. The van der Waals surface area contributed by atoms with E-state index in [-0.39, 0.29) is 23.0 Å². The van der Waals surface area contributed by atoms with Crippen LogP contribution < -0.4 is 5.73 Å². The molecule has 3 atom stereocenters. The van der Waals surface area contributed by atoms with E-state index in [1.165, 1.54) is 6.42 Å². The van der Waals surface area contributed by atoms with Gasteiger partial charge < -0.3 is 10.6 Å². The van der Waals surface area contributed by atoms with Gasteiger partial charge in [0, 0.05) is 35.2 Å². The molecule has 0 spiro atoms. The molecule has 1 saturated carbocycles. The van der Waals surface area contributed by atoms with Crippen LogP contribution >= 0.6 is 0 Å². The van der Waals surface area contributed by atoms with E-state index in [1.54, 1.807) is 0 Å². The van der Waals surface area contributed by atoms with Crippen molar-refractivity contribution < 1.29 is 9.00 Å². The quantitative estimate of drug-likeness (QED) is 0.807. The molecule has 0 aromatic heterocycles. The SMILES string of the molecule is NC1CCC(S(=O)CC(=O)N2CCCCC2)C1. The molecular formula is C12H22N2O2S. The Hall–Kier alpha value is -0.420. The average molecular weight is 258 g/mol. The minimum atomic E-state index is -1.02. The van der Waals surface area contributed by atoms with Gasteiger partial charge in [-0.25, -0.2) is 0 Å². The fraction of sp³-hybridized carbons (Fsp3) is 0.917. The number of nitrogens with two attached hydrogens (primary N) is 1. The molecule has 2 rings (SSSR count). The van der Waals surface area contributed by atoms with E-state index in [2.05, 4.69) is 0 Å². The van der Waals surface area contributed by atoms with Crippen LogP contribution in [-0.2, 0) is 15.6 Å². The van der Waals surface area contributed by atoms with Crippen molar-refractivity contribution in [2.45, 2.75) is 49.8 Å². The normalized spacial score (nSPS) is 31.5. The zero-order valence-electron chi connectivity index (χ0n) is 10.3. The third-order valence-corrected chi connectivity index (χ3v) is 5.47. The Labute approximate surface area is 105 Å². The van der Waals surface area contributed by atoms with Gasteiger partial charge in [-0.15, -0.1) is 0 Å². The van der Waals surface area contributed by atoms with Gasteiger partial charge >= 0.3 is 0 Å². The van der Waals surface area contributed by atoms with Crippen molar-refractivity contribution in [1.29, 1.82) is 0 Å². The number of nitrogens with zero attached hydrogens (tertiary/aromatic N) is 1. The molecule has 1 amide bonds. The Kier molecular flexibility index (Phi) is 4.56. The number of piperidine rings is 1. The minimum Gasteiger partial charge on any atom is -0.342 e. The molecule has 2 aliphatic rings. The van der Waals surface area contributed by atoms with Crippen molar-refractivity contribution >= 4 is 16.7 Å². The maximum absolute atomic E-state index is 12.1. The van der Waals surface area contributed by atoms with Gasteiger partial charge in [-0.2, -0.15) is 0 Å². The van der Waals surface area contributed by atoms with Crippen molar-refractivity contribution in [2.24, 2.45) is 5.73 Å². The van der Waals surface area contributed by atoms with Crippen molar-refractivity contribution in [3.63, 3.8) is 0 Å². The van der Waals surface area contributed by atoms with E-state index in [0.717, 1.165) is 45.2 Å². The molecule has 1 saturated heterocycles. The molecular weight excluding hydrogens is 236 g/mol. The van der Waals surface area contributed by atoms with E-state index >= 15 is 0 Å². The summed E-state index contributed by atoms with van der Waals surface area (Å²) >= 11 is 0. The Morgan fingerprint density at radius 1 is 1.24 bits per heavy atom. The van der Waals surface area contributed by atoms with Crippen LogP contribution in [0.25, 0.3) is 0 Å². The molecule has 4 nitrogen and oxygen atoms in total. The summed E-state index contributed by atoms with van der Waals surface area (Å²) in [6, 6.07) is 0.189. The number of carbonyl (C=O) groups excluding carboxylic acids is 1. The molecule has 0 aromatic rings. The minimum absolute atomic E-state index is 0.0727. The molecule has 1 aliphatic carbocycles. The lowest BCUT2D eigenvalue weighted by Crippen LogP contribution is -2.39. The van der Waals surface area contributed by atoms with Gasteiger partial charge in [-0.05, 0) is 38.5 Å². The van der Waals surface area contributed by atoms with Crippen LogP contribution in [-0.4, -0.2) is 45.2 Å². The van der Waals surface area contributed by atoms with E-state index < -0.39 is 10.8 Å². The highest BCUT2D eigenvalue weighted by atomic mass is 32.2. The molecule has 1 aliphatic heterocycles. The Balaban J connectivity index is 1.79. The van der Waals surface area contributed by atoms with E-state index in [1.807, 2.05) is 4.90 Å². The van der Waals surface area contributed by atoms with Gasteiger partial charge in [0.1, 0.15) is 5.75 Å². The highest BCUT2D eigenvalue weighted by Crippen LogP contribution is 2.22. The second-order valence-corrected chi connectivity index (χ2v) is 6.88. The molecule has 3 unspecified atom stereocenters. The molecule has 2 N–H and O–H groups in total. The lowest BCUT2D eigenvalue weighted by Gasteiger charge is -2.26. The van der Waals surface area contributed by atoms with E-state index in [0.29, 0.717) is 0 Å². The molecule has 0 aromatic carbocycles. The first kappa shape index (κ1) is 13.0. The fourth-order valence-corrected chi connectivity index (χ4v) is 4.21. The molecule has 0 bridgehead atoms. The number of hydrogen-bond donors (Lipinski definition) is 1. The summed E-state index contributed by atoms with van der Waals surface area (Å²) in [6.07, 6.45) is 6.08. The standard InChI is InChI=1S/C12H22N2O2S/c13-10-4-5-11(8-10)17(16)9-12(15)14-6-2-1-3-7-14/h10-11H,1-9,13H2. The van der Waals surface area contributed by atoms with Gasteiger partial charge in [0.15, 0.2) is 0 Å². The van der Waals surface area contributed by atoms with Crippen molar-refractivity contribution in [3.05, 3.63) is 0 Å². The van der Waals surface area contributed by atoms with Gasteiger partial charge in [-0.3, -0.25) is 9.00 Å². The first-order valence-electron chi connectivity index (χ1n) is 6.57. The monoisotopic (exact) mass is 258 g/mol. The summed E-state index contributed by atoms with van der Waals surface area (Å²) in [5.41, 5.74) is 5.81. The first-order chi connectivity index (χ1) is 8.16. The number of amides is 1. The van der Waals surface area contributed by atoms with Crippen LogP contribution in [0.15, 0.2) is 0 Å². The number of likely N-dealkylation sites (tertiary alicyclic amines) is 1. The molecule has 2 fully saturated rings. The van der Waals surface area contributed by atoms with Crippen LogP contribution in [0.5, 0.6) is 0 Å². The highest BCUT2D eigenvalue weighted by molar-refractivity contribution is 7.86. The Bertz CT molecular complexity index is 288. The molecule has 17 heavy (non-hydrogen) atoms. The maximum atomic E-state index is 12.1. The van der Waals surface area contributed by atoms with Gasteiger partial charge in [-0.1, -0.05) is 0 Å². The molecule has 98 valence electrons. The zero-order valence-corrected chi connectivity index (χ0v) is 11.1. The summed E-state index contributed by atoms with van der Waals surface area (Å²) in [4.78, 5) is 13.8. The average Bonchev–Trinajstić information content (AvgIpc) is 2.77. The Morgan fingerprint density at radius 2 is 1.94 bits per heavy atom. The van der Waals surface area contributed by atoms with Gasteiger partial charge in [0.05, 0.1) is 0 Å². The molecule has 1 heterocycles. The summed E-state index contributed by atoms with van der Waals surface area (Å²) in [5, 5.41) is 0.152. The van der Waals surface area contributed by atoms with Crippen LogP contribution in [0.2, 0.25) is 0 Å². The van der Waals surface area contributed by atoms with Crippen molar-refractivity contribution in [2.75, 3.05) is 18.8 Å². The first-order valence-corrected chi connectivity index (χ1v) is 7.95. The Morgan fingerprint density at radius 3 is 2.53 bits per heavy atom. The third kappa shape index (κ3) is 3.52. The molecule has 0 radical (unpaired) electrons. The summed E-state index contributed by atoms with van der Waals surface area (Å²) in [5.74, 6) is 0.278. The smallest absolute Gasteiger partial charge is 0.235 e. The van der Waals surface area contributed by atoms with Gasteiger partial charge in [0.25, 0.3) is 0 Å². The molecule has 5 heteroatoms. The zero-order chi connectivity index (χ0) is 12.3.